The Morgan fingerprint density at radius 3 is 2.19 bits per heavy atom. The number of carbonyl (C=O) groups is 2. The van der Waals surface area contributed by atoms with E-state index in [0.29, 0.717) is 23.7 Å². The summed E-state index contributed by atoms with van der Waals surface area (Å²) in [6, 6.07) is 35.9. The number of aromatic nitrogens is 1. The van der Waals surface area contributed by atoms with Gasteiger partial charge in [0.25, 0.3) is 5.91 Å². The van der Waals surface area contributed by atoms with Crippen LogP contribution in [0.3, 0.4) is 0 Å². The van der Waals surface area contributed by atoms with Gasteiger partial charge in [-0.25, -0.2) is 4.98 Å². The molecule has 0 spiro atoms. The number of rotatable bonds is 12. The van der Waals surface area contributed by atoms with Crippen molar-refractivity contribution in [3.05, 3.63) is 131 Å². The quantitative estimate of drug-likeness (QED) is 0.155. The molecule has 0 bridgehead atoms. The smallest absolute Gasteiger partial charge is 0.305 e. The SMILES string of the molecule is O=C(O)CCNC(=O)c1ccc(CN(CCc2cccc(Cl)c2)c2nc(-c3ccccc3)c(-c3ccccc3)s2)cc1. The molecule has 0 unspecified atom stereocenters. The van der Waals surface area contributed by atoms with Crippen LogP contribution in [0.1, 0.15) is 27.9 Å². The predicted octanol–water partition coefficient (Wildman–Crippen LogP) is 7.58. The van der Waals surface area contributed by atoms with Gasteiger partial charge in [0.05, 0.1) is 17.0 Å². The zero-order valence-electron chi connectivity index (χ0n) is 22.9. The summed E-state index contributed by atoms with van der Waals surface area (Å²) < 4.78 is 0. The minimum atomic E-state index is -0.948. The lowest BCUT2D eigenvalue weighted by atomic mass is 10.1. The van der Waals surface area contributed by atoms with Crippen molar-refractivity contribution in [3.8, 4) is 21.7 Å². The molecule has 0 radical (unpaired) electrons. The summed E-state index contributed by atoms with van der Waals surface area (Å²) in [5.74, 6) is -1.24. The zero-order chi connectivity index (χ0) is 29.3. The van der Waals surface area contributed by atoms with Crippen molar-refractivity contribution in [2.75, 3.05) is 18.0 Å². The number of carboxylic acids is 1. The van der Waals surface area contributed by atoms with Gasteiger partial charge in [0.15, 0.2) is 5.13 Å². The molecule has 0 aliphatic rings. The van der Waals surface area contributed by atoms with Crippen molar-refractivity contribution in [2.24, 2.45) is 0 Å². The third-order valence-electron chi connectivity index (χ3n) is 6.74. The molecule has 0 aliphatic heterocycles. The first kappa shape index (κ1) is 29.0. The molecule has 1 heterocycles. The van der Waals surface area contributed by atoms with Crippen molar-refractivity contribution in [1.82, 2.24) is 10.3 Å². The second-order valence-electron chi connectivity index (χ2n) is 9.80. The minimum absolute atomic E-state index is 0.0880. The maximum Gasteiger partial charge on any atom is 0.305 e. The van der Waals surface area contributed by atoms with Crippen LogP contribution < -0.4 is 10.2 Å². The van der Waals surface area contributed by atoms with Gasteiger partial charge >= 0.3 is 5.97 Å². The molecule has 6 nitrogen and oxygen atoms in total. The Morgan fingerprint density at radius 2 is 1.52 bits per heavy atom. The Labute approximate surface area is 254 Å². The van der Waals surface area contributed by atoms with Crippen LogP contribution in [-0.4, -0.2) is 35.1 Å². The van der Waals surface area contributed by atoms with Gasteiger partial charge in [0.2, 0.25) is 0 Å². The van der Waals surface area contributed by atoms with Gasteiger partial charge in [-0.2, -0.15) is 0 Å². The molecule has 0 aliphatic carbocycles. The summed E-state index contributed by atoms with van der Waals surface area (Å²) in [4.78, 5) is 31.8. The fourth-order valence-electron chi connectivity index (χ4n) is 4.59. The molecule has 0 atom stereocenters. The van der Waals surface area contributed by atoms with Crippen LogP contribution >= 0.6 is 22.9 Å². The average Bonchev–Trinajstić information content (AvgIpc) is 3.46. The van der Waals surface area contributed by atoms with Crippen LogP contribution in [0.4, 0.5) is 5.13 Å². The number of amides is 1. The van der Waals surface area contributed by atoms with Crippen molar-refractivity contribution >= 4 is 39.9 Å². The van der Waals surface area contributed by atoms with Gasteiger partial charge < -0.3 is 15.3 Å². The highest BCUT2D eigenvalue weighted by atomic mass is 35.5. The Bertz CT molecular complexity index is 1580. The summed E-state index contributed by atoms with van der Waals surface area (Å²) >= 11 is 7.94. The van der Waals surface area contributed by atoms with Gasteiger partial charge in [0.1, 0.15) is 0 Å². The van der Waals surface area contributed by atoms with Crippen LogP contribution in [-0.2, 0) is 17.8 Å². The maximum absolute atomic E-state index is 12.4. The number of carboxylic acid groups (broad SMARTS) is 1. The molecule has 42 heavy (non-hydrogen) atoms. The van der Waals surface area contributed by atoms with Crippen LogP contribution in [0.2, 0.25) is 5.02 Å². The van der Waals surface area contributed by atoms with E-state index < -0.39 is 5.97 Å². The molecule has 5 rings (SSSR count). The third-order valence-corrected chi connectivity index (χ3v) is 8.14. The third kappa shape index (κ3) is 7.63. The lowest BCUT2D eigenvalue weighted by Crippen LogP contribution is -2.26. The standard InChI is InChI=1S/C34H30ClN3O3S/c35-29-13-7-8-24(22-29)19-21-38(23-25-14-16-28(17-15-25)33(41)36-20-18-30(39)40)34-37-31(26-9-3-1-4-10-26)32(42-34)27-11-5-2-6-12-27/h1-17,22H,18-21,23H2,(H,36,41)(H,39,40). The largest absolute Gasteiger partial charge is 0.481 e. The van der Waals surface area contributed by atoms with E-state index in [1.807, 2.05) is 66.7 Å². The lowest BCUT2D eigenvalue weighted by Gasteiger charge is -2.22. The molecule has 1 amide bonds. The van der Waals surface area contributed by atoms with Crippen molar-refractivity contribution < 1.29 is 14.7 Å². The molecule has 0 fully saturated rings. The molecule has 1 aromatic heterocycles. The fraction of sp³-hybridized carbons (Fsp3) is 0.147. The molecular formula is C34H30ClN3O3S. The normalized spacial score (nSPS) is 10.8. The second kappa shape index (κ2) is 13.9. The highest BCUT2D eigenvalue weighted by molar-refractivity contribution is 7.19. The molecule has 212 valence electrons. The monoisotopic (exact) mass is 595 g/mol. The van der Waals surface area contributed by atoms with Crippen LogP contribution in [0.25, 0.3) is 21.7 Å². The molecular weight excluding hydrogens is 566 g/mol. The first-order chi connectivity index (χ1) is 20.5. The van der Waals surface area contributed by atoms with Gasteiger partial charge in [-0.15, -0.1) is 0 Å². The van der Waals surface area contributed by atoms with Crippen LogP contribution in [0.15, 0.2) is 109 Å². The highest BCUT2D eigenvalue weighted by Gasteiger charge is 2.20. The van der Waals surface area contributed by atoms with Crippen molar-refractivity contribution in [3.63, 3.8) is 0 Å². The number of nitrogens with zero attached hydrogens (tertiary/aromatic N) is 2. The number of aliphatic carboxylic acids is 1. The first-order valence-corrected chi connectivity index (χ1v) is 14.9. The van der Waals surface area contributed by atoms with E-state index in [1.165, 1.54) is 0 Å². The number of nitrogens with one attached hydrogen (secondary N) is 1. The molecule has 0 saturated heterocycles. The summed E-state index contributed by atoms with van der Waals surface area (Å²) in [6.45, 7) is 1.40. The van der Waals surface area contributed by atoms with E-state index in [9.17, 15) is 9.59 Å². The molecule has 5 aromatic rings. The zero-order valence-corrected chi connectivity index (χ0v) is 24.4. The molecule has 0 saturated carbocycles. The van der Waals surface area contributed by atoms with E-state index in [0.717, 1.165) is 44.4 Å². The Kier molecular flexibility index (Phi) is 9.64. The van der Waals surface area contributed by atoms with E-state index in [1.54, 1.807) is 23.5 Å². The predicted molar refractivity (Wildman–Crippen MR) is 170 cm³/mol. The first-order valence-electron chi connectivity index (χ1n) is 13.7. The number of thiazole rings is 1. The van der Waals surface area contributed by atoms with Crippen molar-refractivity contribution in [2.45, 2.75) is 19.4 Å². The van der Waals surface area contributed by atoms with Crippen molar-refractivity contribution in [1.29, 1.82) is 0 Å². The van der Waals surface area contributed by atoms with E-state index in [2.05, 4.69) is 40.5 Å². The Hall–Kier alpha value is -4.46. The number of halogens is 1. The number of hydrogen-bond donors (Lipinski definition) is 2. The van der Waals surface area contributed by atoms with E-state index >= 15 is 0 Å². The van der Waals surface area contributed by atoms with E-state index in [4.69, 9.17) is 21.7 Å². The number of carbonyl (C=O) groups excluding carboxylic acids is 1. The van der Waals surface area contributed by atoms with Gasteiger partial charge in [0, 0.05) is 35.8 Å². The number of anilines is 1. The van der Waals surface area contributed by atoms with Crippen LogP contribution in [0, 0.1) is 0 Å². The number of hydrogen-bond acceptors (Lipinski definition) is 5. The lowest BCUT2D eigenvalue weighted by molar-refractivity contribution is -0.136. The van der Waals surface area contributed by atoms with Gasteiger partial charge in [-0.05, 0) is 47.4 Å². The van der Waals surface area contributed by atoms with Gasteiger partial charge in [-0.3, -0.25) is 9.59 Å². The average molecular weight is 596 g/mol. The summed E-state index contributed by atoms with van der Waals surface area (Å²) in [6.07, 6.45) is 0.667. The highest BCUT2D eigenvalue weighted by Crippen LogP contribution is 2.40. The maximum atomic E-state index is 12.4. The molecule has 4 aromatic carbocycles. The summed E-state index contributed by atoms with van der Waals surface area (Å²) in [7, 11) is 0. The molecule has 2 N–H and O–H groups in total. The topological polar surface area (TPSA) is 82.5 Å². The summed E-state index contributed by atoms with van der Waals surface area (Å²) in [5.41, 5.74) is 5.79. The fourth-order valence-corrected chi connectivity index (χ4v) is 5.92. The Balaban J connectivity index is 1.44. The van der Waals surface area contributed by atoms with E-state index in [-0.39, 0.29) is 18.9 Å². The summed E-state index contributed by atoms with van der Waals surface area (Å²) in [5, 5.41) is 13.1. The second-order valence-corrected chi connectivity index (χ2v) is 11.2. The minimum Gasteiger partial charge on any atom is -0.481 e. The van der Waals surface area contributed by atoms with Crippen LogP contribution in [0.5, 0.6) is 0 Å². The van der Waals surface area contributed by atoms with Gasteiger partial charge in [-0.1, -0.05) is 108 Å². The Morgan fingerprint density at radius 1 is 0.833 bits per heavy atom. The number of benzene rings is 4. The molecule has 8 heteroatoms.